The van der Waals surface area contributed by atoms with Crippen LogP contribution in [0.4, 0.5) is 0 Å². The molecule has 122 valence electrons. The number of hydrogen-bond donors (Lipinski definition) is 0. The second-order valence-electron chi connectivity index (χ2n) is 4.14. The summed E-state index contributed by atoms with van der Waals surface area (Å²) in [6, 6.07) is 0. The molecule has 0 spiro atoms. The summed E-state index contributed by atoms with van der Waals surface area (Å²) >= 11 is 0. The molecule has 0 aliphatic carbocycles. The van der Waals surface area contributed by atoms with Gasteiger partial charge in [-0.1, -0.05) is 0 Å². The van der Waals surface area contributed by atoms with Crippen molar-refractivity contribution in [1.82, 2.24) is 0 Å². The molecule has 4 unspecified atom stereocenters. The number of rotatable bonds is 11. The van der Waals surface area contributed by atoms with Crippen LogP contribution in [0.5, 0.6) is 0 Å². The van der Waals surface area contributed by atoms with E-state index in [9.17, 15) is 0 Å². The van der Waals surface area contributed by atoms with Crippen LogP contribution in [-0.4, -0.2) is 64.6 Å². The van der Waals surface area contributed by atoms with Gasteiger partial charge in [0.15, 0.2) is 0 Å². The molecule has 12 heteroatoms. The fourth-order valence-electron chi connectivity index (χ4n) is 1.09. The van der Waals surface area contributed by atoms with Gasteiger partial charge in [-0.2, -0.15) is 0 Å². The molecule has 0 amide bonds. The normalized spacial score (nSPS) is 21.0. The van der Waals surface area contributed by atoms with Crippen molar-refractivity contribution in [2.75, 3.05) is 28.4 Å². The second kappa shape index (κ2) is 9.54. The highest BCUT2D eigenvalue weighted by molar-refractivity contribution is 6.76. The highest BCUT2D eigenvalue weighted by Crippen LogP contribution is 2.19. The van der Waals surface area contributed by atoms with E-state index in [-0.39, 0.29) is 0 Å². The first kappa shape index (κ1) is 20.5. The Bertz CT molecular complexity index is 275. The summed E-state index contributed by atoms with van der Waals surface area (Å²) in [7, 11) is -3.38. The maximum absolute atomic E-state index is 5.88. The van der Waals surface area contributed by atoms with Crippen molar-refractivity contribution < 1.29 is 35.1 Å². The molecule has 0 aromatic carbocycles. The molecule has 0 rings (SSSR count). The fourth-order valence-corrected chi connectivity index (χ4v) is 9.78. The maximum Gasteiger partial charge on any atom is 0.518 e. The molecule has 0 aliphatic heterocycles. The van der Waals surface area contributed by atoms with Gasteiger partial charge >= 0.3 is 36.2 Å². The molecule has 0 saturated carbocycles. The molecular weight excluding hydrogens is 336 g/mol. The van der Waals surface area contributed by atoms with E-state index in [4.69, 9.17) is 35.1 Å². The largest absolute Gasteiger partial charge is 0.518 e. The Hall–Kier alpha value is 0.548. The average molecular weight is 363 g/mol. The predicted molar refractivity (Wildman–Crippen MR) is 81.6 cm³/mol. The average Bonchev–Trinajstić information content (AvgIpc) is 2.44. The molecule has 0 heterocycles. The van der Waals surface area contributed by atoms with Gasteiger partial charge in [0.05, 0.1) is 0 Å². The Morgan fingerprint density at radius 2 is 1.25 bits per heavy atom. The minimum atomic E-state index is -3.03. The first-order chi connectivity index (χ1) is 9.24. The SMILES string of the molecule is CO[SiH](C)OO[Si](C)(OC)O[Si](C)(OC)O[SiH](C)OC. The predicted octanol–water partition coefficient (Wildman–Crippen LogP) is 0.391. The molecule has 0 aromatic heterocycles. The second-order valence-corrected chi connectivity index (χ2v) is 13.7. The van der Waals surface area contributed by atoms with Crippen molar-refractivity contribution in [3.05, 3.63) is 0 Å². The Balaban J connectivity index is 4.69. The first-order valence-electron chi connectivity index (χ1n) is 6.12. The lowest BCUT2D eigenvalue weighted by atomic mass is 11.8. The zero-order valence-electron chi connectivity index (χ0n) is 13.4. The van der Waals surface area contributed by atoms with E-state index in [2.05, 4.69) is 0 Å². The lowest BCUT2D eigenvalue weighted by molar-refractivity contribution is -0.171. The van der Waals surface area contributed by atoms with Crippen molar-refractivity contribution in [3.8, 4) is 0 Å². The molecule has 0 radical (unpaired) electrons. The van der Waals surface area contributed by atoms with Crippen LogP contribution in [0, 0.1) is 0 Å². The van der Waals surface area contributed by atoms with Crippen molar-refractivity contribution in [1.29, 1.82) is 0 Å². The van der Waals surface area contributed by atoms with E-state index in [1.165, 1.54) is 14.2 Å². The van der Waals surface area contributed by atoms with E-state index in [1.54, 1.807) is 27.3 Å². The van der Waals surface area contributed by atoms with Gasteiger partial charge in [-0.05, 0) is 13.1 Å². The Morgan fingerprint density at radius 1 is 0.750 bits per heavy atom. The molecular formula is C8H26O8Si4. The first-order valence-corrected chi connectivity index (χ1v) is 14.8. The Kier molecular flexibility index (Phi) is 9.80. The molecule has 20 heavy (non-hydrogen) atoms. The summed E-state index contributed by atoms with van der Waals surface area (Å²) in [6.45, 7) is 7.18. The standard InChI is InChI=1S/C8H26O8Si4/c1-9-17(5)13-14-19(7,11-3)16-20(8,12-4)15-18(6)10-2/h17-18H,1-8H3. The fraction of sp³-hybridized carbons (Fsp3) is 1.00. The lowest BCUT2D eigenvalue weighted by Crippen LogP contribution is -2.57. The van der Waals surface area contributed by atoms with Crippen molar-refractivity contribution in [3.63, 3.8) is 0 Å². The van der Waals surface area contributed by atoms with E-state index in [0.717, 1.165) is 0 Å². The molecule has 8 nitrogen and oxygen atoms in total. The van der Waals surface area contributed by atoms with Gasteiger partial charge in [0.25, 0.3) is 0 Å². The topological polar surface area (TPSA) is 73.8 Å². The van der Waals surface area contributed by atoms with Gasteiger partial charge in [0.2, 0.25) is 0 Å². The van der Waals surface area contributed by atoms with Crippen LogP contribution in [0.2, 0.25) is 26.2 Å². The van der Waals surface area contributed by atoms with Crippen LogP contribution >= 0.6 is 0 Å². The van der Waals surface area contributed by atoms with E-state index in [0.29, 0.717) is 0 Å². The zero-order valence-corrected chi connectivity index (χ0v) is 17.7. The summed E-state index contributed by atoms with van der Waals surface area (Å²) in [5.74, 6) is 0. The zero-order chi connectivity index (χ0) is 15.8. The molecule has 0 aliphatic rings. The minimum absolute atomic E-state index is 1.50. The van der Waals surface area contributed by atoms with Crippen LogP contribution in [-0.2, 0) is 35.1 Å². The highest BCUT2D eigenvalue weighted by Gasteiger charge is 2.49. The van der Waals surface area contributed by atoms with Crippen LogP contribution < -0.4 is 0 Å². The molecule has 0 bridgehead atoms. The summed E-state index contributed by atoms with van der Waals surface area (Å²) in [5.41, 5.74) is 0. The summed E-state index contributed by atoms with van der Waals surface area (Å²) in [4.78, 5) is 0. The third-order valence-electron chi connectivity index (χ3n) is 2.49. The van der Waals surface area contributed by atoms with Gasteiger partial charge in [0, 0.05) is 41.5 Å². The van der Waals surface area contributed by atoms with Crippen LogP contribution in [0.25, 0.3) is 0 Å². The third kappa shape index (κ3) is 7.53. The monoisotopic (exact) mass is 362 g/mol. The van der Waals surface area contributed by atoms with Gasteiger partial charge in [-0.15, -0.1) is 0 Å². The minimum Gasteiger partial charge on any atom is -0.400 e. The third-order valence-corrected chi connectivity index (χ3v) is 12.3. The lowest BCUT2D eigenvalue weighted by Gasteiger charge is -2.34. The summed E-state index contributed by atoms with van der Waals surface area (Å²) < 4.78 is 43.1. The Labute approximate surface area is 126 Å². The quantitative estimate of drug-likeness (QED) is 0.297. The molecule has 0 N–H and O–H groups in total. The van der Waals surface area contributed by atoms with Crippen molar-refractivity contribution in [2.45, 2.75) is 26.2 Å². The van der Waals surface area contributed by atoms with E-state index in [1.807, 2.05) is 13.1 Å². The van der Waals surface area contributed by atoms with Crippen LogP contribution in [0.1, 0.15) is 0 Å². The van der Waals surface area contributed by atoms with E-state index >= 15 is 0 Å². The molecule has 0 aromatic rings. The van der Waals surface area contributed by atoms with Crippen LogP contribution in [0.3, 0.4) is 0 Å². The van der Waals surface area contributed by atoms with Crippen molar-refractivity contribution >= 4 is 36.2 Å². The smallest absolute Gasteiger partial charge is 0.400 e. The Morgan fingerprint density at radius 3 is 1.65 bits per heavy atom. The van der Waals surface area contributed by atoms with Crippen LogP contribution in [0.15, 0.2) is 0 Å². The highest BCUT2D eigenvalue weighted by atomic mass is 28.5. The van der Waals surface area contributed by atoms with Gasteiger partial charge in [-0.3, -0.25) is 4.58 Å². The molecule has 0 fully saturated rings. The van der Waals surface area contributed by atoms with E-state index < -0.39 is 36.2 Å². The summed E-state index contributed by atoms with van der Waals surface area (Å²) in [6.07, 6.45) is 0. The van der Waals surface area contributed by atoms with Gasteiger partial charge in [0.1, 0.15) is 0 Å². The maximum atomic E-state index is 5.88. The van der Waals surface area contributed by atoms with Gasteiger partial charge in [-0.25, -0.2) is 4.58 Å². The number of hydrogen-bond acceptors (Lipinski definition) is 8. The van der Waals surface area contributed by atoms with Crippen molar-refractivity contribution in [2.24, 2.45) is 0 Å². The summed E-state index contributed by atoms with van der Waals surface area (Å²) in [5, 5.41) is 0. The molecule has 0 saturated heterocycles. The van der Waals surface area contributed by atoms with Gasteiger partial charge < -0.3 is 25.9 Å². The molecule has 4 atom stereocenters.